The van der Waals surface area contributed by atoms with Crippen LogP contribution in [0.1, 0.15) is 12.0 Å². The molecule has 3 aromatic carbocycles. The van der Waals surface area contributed by atoms with Gasteiger partial charge in [-0.15, -0.1) is 18.9 Å². The van der Waals surface area contributed by atoms with Crippen molar-refractivity contribution in [1.82, 2.24) is 0 Å². The maximum Gasteiger partial charge on any atom is 0.296 e. The van der Waals surface area contributed by atoms with Crippen molar-refractivity contribution in [3.05, 3.63) is 48.0 Å². The average Bonchev–Trinajstić information content (AvgIpc) is 2.84. The zero-order chi connectivity index (χ0) is 26.1. The minimum absolute atomic E-state index is 0.115. The van der Waals surface area contributed by atoms with Crippen LogP contribution < -0.4 is 5.73 Å². The predicted octanol–water partition coefficient (Wildman–Crippen LogP) is 5.15. The third-order valence-corrected chi connectivity index (χ3v) is 6.43. The van der Waals surface area contributed by atoms with Crippen molar-refractivity contribution in [2.75, 3.05) is 12.3 Å². The lowest BCUT2D eigenvalue weighted by Gasteiger charge is -2.09. The Labute approximate surface area is 212 Å². The lowest BCUT2D eigenvalue weighted by atomic mass is 10.1. The molecule has 6 N–H and O–H groups in total. The van der Waals surface area contributed by atoms with Crippen LogP contribution >= 0.6 is 24.4 Å². The Bertz CT molecular complexity index is 1340. The van der Waals surface area contributed by atoms with Gasteiger partial charge in [-0.1, -0.05) is 16.1 Å². The fourth-order valence-corrected chi connectivity index (χ4v) is 4.47. The van der Waals surface area contributed by atoms with Gasteiger partial charge in [-0.3, -0.25) is 8.74 Å². The molecule has 14 nitrogen and oxygen atoms in total. The van der Waals surface area contributed by atoms with Crippen molar-refractivity contribution < 1.29 is 51.5 Å². The Morgan fingerprint density at radius 3 is 2.47 bits per heavy atom. The van der Waals surface area contributed by atoms with Gasteiger partial charge in [0.25, 0.3) is 10.1 Å². The smallest absolute Gasteiger partial charge is 0.296 e. The molecule has 0 saturated heterocycles. The molecule has 0 saturated carbocycles. The van der Waals surface area contributed by atoms with Crippen LogP contribution in [0.2, 0.25) is 0 Å². The van der Waals surface area contributed by atoms with Crippen molar-refractivity contribution >= 4 is 62.3 Å². The monoisotopic (exact) mass is 561 g/mol. The summed E-state index contributed by atoms with van der Waals surface area (Å²) in [5, 5.41) is 42.4. The summed E-state index contributed by atoms with van der Waals surface area (Å²) in [5.74, 6) is -0.145. The number of rotatable bonds is 13. The van der Waals surface area contributed by atoms with E-state index in [1.165, 1.54) is 30.3 Å². The van der Waals surface area contributed by atoms with Gasteiger partial charge in [-0.2, -0.15) is 8.42 Å². The van der Waals surface area contributed by atoms with E-state index in [0.29, 0.717) is 58.4 Å². The minimum Gasteiger partial charge on any atom is -0.507 e. The number of nitrogens with zero attached hydrogens (tertiary/aromatic N) is 2. The minimum atomic E-state index is -4.66. The topological polar surface area (TPSA) is 212 Å². The van der Waals surface area contributed by atoms with E-state index in [9.17, 15) is 18.1 Å². The maximum absolute atomic E-state index is 12.0. The number of phenols is 1. The van der Waals surface area contributed by atoms with Gasteiger partial charge in [0.15, 0.2) is 12.3 Å². The molecule has 0 aliphatic rings. The summed E-state index contributed by atoms with van der Waals surface area (Å²) in [4.78, 5) is -0.139. The number of benzene rings is 3. The van der Waals surface area contributed by atoms with Gasteiger partial charge >= 0.3 is 0 Å². The zero-order valence-electron chi connectivity index (χ0n) is 18.0. The van der Waals surface area contributed by atoms with E-state index in [4.69, 9.17) is 20.4 Å². The fourth-order valence-electron chi connectivity index (χ4n) is 3.11. The lowest BCUT2D eigenvalue weighted by Crippen LogP contribution is -2.00. The highest BCUT2D eigenvalue weighted by atomic mass is 32.2. The molecule has 3 aromatic rings. The molecule has 0 unspecified atom stereocenters. The number of nitrogen functional groups attached to an aromatic ring is 1. The third kappa shape index (κ3) is 7.48. The first-order chi connectivity index (χ1) is 17.2. The molecule has 0 bridgehead atoms. The Morgan fingerprint density at radius 2 is 1.75 bits per heavy atom. The van der Waals surface area contributed by atoms with Gasteiger partial charge in [0, 0.05) is 15.7 Å². The van der Waals surface area contributed by atoms with Crippen LogP contribution in [0, 0.1) is 0 Å². The molecular weight excluding hydrogens is 542 g/mol. The number of hydrogen-bond donors (Lipinski definition) is 5. The number of azo groups is 1. The van der Waals surface area contributed by atoms with Crippen molar-refractivity contribution in [1.29, 1.82) is 0 Å². The Kier molecular flexibility index (Phi) is 10.2. The largest absolute Gasteiger partial charge is 0.507 e. The van der Waals surface area contributed by atoms with E-state index < -0.39 is 15.0 Å². The van der Waals surface area contributed by atoms with Crippen molar-refractivity contribution in [2.45, 2.75) is 22.6 Å². The van der Waals surface area contributed by atoms with Crippen LogP contribution in [0.25, 0.3) is 10.8 Å². The molecule has 0 spiro atoms. The highest BCUT2D eigenvalue weighted by Gasteiger charge is 2.17. The summed E-state index contributed by atoms with van der Waals surface area (Å²) in [6, 6.07) is 10.2. The number of nitrogens with two attached hydrogens (primary N) is 1. The summed E-state index contributed by atoms with van der Waals surface area (Å²) in [5.41, 5.74) is 6.75. The number of anilines is 1. The summed E-state index contributed by atoms with van der Waals surface area (Å²) >= 11 is 1.03. The van der Waals surface area contributed by atoms with Crippen LogP contribution in [0.3, 0.4) is 0 Å². The second-order valence-electron chi connectivity index (χ2n) is 6.88. The van der Waals surface area contributed by atoms with Gasteiger partial charge < -0.3 is 10.8 Å². The van der Waals surface area contributed by atoms with Crippen molar-refractivity contribution in [3.8, 4) is 5.75 Å². The normalized spacial score (nSPS) is 12.1. The van der Waals surface area contributed by atoms with Gasteiger partial charge in [-0.05, 0) is 54.8 Å². The van der Waals surface area contributed by atoms with Crippen LogP contribution in [0.4, 0.5) is 17.1 Å². The van der Waals surface area contributed by atoms with Crippen LogP contribution in [-0.2, 0) is 39.5 Å². The number of aryl methyl sites for hydroxylation is 1. The van der Waals surface area contributed by atoms with E-state index in [1.54, 1.807) is 12.1 Å². The first kappa shape index (κ1) is 28.0. The van der Waals surface area contributed by atoms with Gasteiger partial charge in [0.2, 0.25) is 0 Å². The van der Waals surface area contributed by atoms with E-state index >= 15 is 0 Å². The molecule has 194 valence electrons. The molecule has 0 aliphatic heterocycles. The molecular formula is C19H19N3O11S3. The number of phenolic OH excluding ortho intramolecular Hbond substituents is 1. The van der Waals surface area contributed by atoms with Gasteiger partial charge in [0.1, 0.15) is 22.0 Å². The molecule has 0 atom stereocenters. The standard InChI is InChI=1S/C19H19N3O11S3/c20-15-5-4-13-14(9-12(10-17(13)23)34-32-30-24)19(15)22-21-16-6-3-11(8-18(16)36(26,27)28)2-1-7-29-35-33-31-25/h3-6,8-10,23-25H,1-2,7,20H2,(H,26,27,28)/b22-21+. The maximum atomic E-state index is 12.0. The number of fused-ring (bicyclic) bond motifs is 1. The fraction of sp³-hybridized carbons (Fsp3) is 0.158. The lowest BCUT2D eigenvalue weighted by molar-refractivity contribution is -0.434. The molecule has 0 heterocycles. The highest BCUT2D eigenvalue weighted by Crippen LogP contribution is 2.40. The molecule has 0 amide bonds. The third-order valence-electron chi connectivity index (χ3n) is 4.61. The van der Waals surface area contributed by atoms with Gasteiger partial charge in [-0.25, -0.2) is 10.5 Å². The van der Waals surface area contributed by atoms with Crippen molar-refractivity contribution in [2.24, 2.45) is 10.2 Å². The predicted molar refractivity (Wildman–Crippen MR) is 128 cm³/mol. The van der Waals surface area contributed by atoms with E-state index in [0.717, 1.165) is 0 Å². The second kappa shape index (κ2) is 13.1. The molecule has 0 aromatic heterocycles. The SMILES string of the molecule is Nc1ccc2c(O)cc(SOOO)cc2c1/N=N/c1ccc(CCCOSOOO)cc1S(=O)(=O)O. The second-order valence-corrected chi connectivity index (χ2v) is 9.55. The summed E-state index contributed by atoms with van der Waals surface area (Å²) in [6.45, 7) is 0.194. The summed E-state index contributed by atoms with van der Waals surface area (Å²) in [7, 11) is -4.66. The van der Waals surface area contributed by atoms with E-state index in [2.05, 4.69) is 29.0 Å². The first-order valence-corrected chi connectivity index (χ1v) is 12.6. The molecule has 17 heteroatoms. The Balaban J connectivity index is 1.92. The summed E-state index contributed by atoms with van der Waals surface area (Å²) in [6.07, 6.45) is 0.838. The quantitative estimate of drug-likeness (QED) is 0.0347. The molecule has 0 fully saturated rings. The number of hydrogen-bond acceptors (Lipinski definition) is 15. The van der Waals surface area contributed by atoms with Crippen LogP contribution in [0.15, 0.2) is 62.5 Å². The highest BCUT2D eigenvalue weighted by molar-refractivity contribution is 7.94. The van der Waals surface area contributed by atoms with Crippen molar-refractivity contribution in [3.63, 3.8) is 0 Å². The molecule has 36 heavy (non-hydrogen) atoms. The first-order valence-electron chi connectivity index (χ1n) is 9.73. The molecule has 0 aliphatic carbocycles. The van der Waals surface area contributed by atoms with E-state index in [-0.39, 0.29) is 29.4 Å². The van der Waals surface area contributed by atoms with Gasteiger partial charge in [0.05, 0.1) is 24.3 Å². The molecule has 0 radical (unpaired) electrons. The summed E-state index contributed by atoms with van der Waals surface area (Å²) < 4.78 is 47.1. The van der Waals surface area contributed by atoms with Crippen LogP contribution in [0.5, 0.6) is 5.75 Å². The zero-order valence-corrected chi connectivity index (χ0v) is 20.5. The average molecular weight is 562 g/mol. The molecule has 3 rings (SSSR count). The Hall–Kier alpha value is -2.55. The van der Waals surface area contributed by atoms with Crippen LogP contribution in [-0.4, -0.2) is 35.2 Å². The van der Waals surface area contributed by atoms with E-state index in [1.807, 2.05) is 0 Å². The Morgan fingerprint density at radius 1 is 0.972 bits per heavy atom. The number of aromatic hydroxyl groups is 1.